The third-order valence-corrected chi connectivity index (χ3v) is 5.53. The molecular formula is C18H24Cl2N2O4. The molecule has 1 aromatic carbocycles. The summed E-state index contributed by atoms with van der Waals surface area (Å²) in [5, 5.41) is 0. The van der Waals surface area contributed by atoms with Gasteiger partial charge in [-0.05, 0) is 43.9 Å². The molecule has 1 atom stereocenters. The summed E-state index contributed by atoms with van der Waals surface area (Å²) in [6.45, 7) is 6.43. The second-order valence-electron chi connectivity index (χ2n) is 7.02. The van der Waals surface area contributed by atoms with Gasteiger partial charge in [-0.15, -0.1) is 23.2 Å². The van der Waals surface area contributed by atoms with Gasteiger partial charge in [0.25, 0.3) is 5.91 Å². The molecule has 2 N–H and O–H groups in total. The quantitative estimate of drug-likeness (QED) is 0.540. The van der Waals surface area contributed by atoms with E-state index in [-0.39, 0.29) is 0 Å². The number of rotatable bonds is 7. The van der Waals surface area contributed by atoms with Gasteiger partial charge in [-0.3, -0.25) is 20.4 Å². The van der Waals surface area contributed by atoms with Crippen LogP contribution < -0.4 is 20.3 Å². The van der Waals surface area contributed by atoms with Gasteiger partial charge in [-0.25, -0.2) is 0 Å². The number of amides is 2. The molecule has 0 spiro atoms. The smallest absolute Gasteiger partial charge is 0.269 e. The molecule has 1 fully saturated rings. The van der Waals surface area contributed by atoms with Crippen LogP contribution in [0.15, 0.2) is 18.2 Å². The Bertz CT molecular complexity index is 694. The van der Waals surface area contributed by atoms with E-state index in [1.165, 1.54) is 7.11 Å². The fourth-order valence-electron chi connectivity index (χ4n) is 2.30. The molecule has 0 bridgehead atoms. The van der Waals surface area contributed by atoms with Gasteiger partial charge in [0.2, 0.25) is 5.91 Å². The van der Waals surface area contributed by atoms with E-state index in [0.29, 0.717) is 36.0 Å². The maximum absolute atomic E-state index is 12.3. The van der Waals surface area contributed by atoms with Gasteiger partial charge in [0.1, 0.15) is 4.33 Å². The van der Waals surface area contributed by atoms with Crippen molar-refractivity contribution in [1.29, 1.82) is 0 Å². The highest BCUT2D eigenvalue weighted by Crippen LogP contribution is 2.63. The number of alkyl halides is 2. The number of hydrazine groups is 1. The summed E-state index contributed by atoms with van der Waals surface area (Å²) < 4.78 is 9.88. The van der Waals surface area contributed by atoms with Crippen LogP contribution in [0.4, 0.5) is 0 Å². The Hall–Kier alpha value is -1.66. The van der Waals surface area contributed by atoms with E-state index >= 15 is 0 Å². The highest BCUT2D eigenvalue weighted by atomic mass is 35.5. The van der Waals surface area contributed by atoms with E-state index in [2.05, 4.69) is 24.7 Å². The van der Waals surface area contributed by atoms with Crippen molar-refractivity contribution in [1.82, 2.24) is 10.9 Å². The van der Waals surface area contributed by atoms with Crippen LogP contribution >= 0.6 is 23.2 Å². The van der Waals surface area contributed by atoms with Crippen molar-refractivity contribution in [2.24, 2.45) is 11.3 Å². The lowest BCUT2D eigenvalue weighted by molar-refractivity contribution is -0.126. The van der Waals surface area contributed by atoms with Gasteiger partial charge in [-0.2, -0.15) is 0 Å². The van der Waals surface area contributed by atoms with Crippen LogP contribution in [0.2, 0.25) is 0 Å². The van der Waals surface area contributed by atoms with E-state index < -0.39 is 21.6 Å². The largest absolute Gasteiger partial charge is 0.493 e. The molecule has 8 heteroatoms. The van der Waals surface area contributed by atoms with Crippen LogP contribution in [0.5, 0.6) is 11.5 Å². The third-order valence-electron chi connectivity index (χ3n) is 4.43. The first-order valence-electron chi connectivity index (χ1n) is 8.40. The molecule has 0 heterocycles. The maximum Gasteiger partial charge on any atom is 0.269 e. The number of halogens is 2. The van der Waals surface area contributed by atoms with Gasteiger partial charge in [-0.1, -0.05) is 13.8 Å². The Morgan fingerprint density at radius 2 is 1.88 bits per heavy atom. The molecular weight excluding hydrogens is 379 g/mol. The van der Waals surface area contributed by atoms with Crippen molar-refractivity contribution in [2.75, 3.05) is 13.7 Å². The van der Waals surface area contributed by atoms with Crippen LogP contribution in [-0.4, -0.2) is 29.9 Å². The van der Waals surface area contributed by atoms with Crippen molar-refractivity contribution in [3.63, 3.8) is 0 Å². The van der Waals surface area contributed by atoms with Crippen LogP contribution in [0.3, 0.4) is 0 Å². The second-order valence-corrected chi connectivity index (χ2v) is 8.50. The summed E-state index contributed by atoms with van der Waals surface area (Å²) in [6.07, 6.45) is 1.25. The van der Waals surface area contributed by atoms with Gasteiger partial charge in [0.15, 0.2) is 11.5 Å². The summed E-state index contributed by atoms with van der Waals surface area (Å²) in [7, 11) is 1.50. The van der Waals surface area contributed by atoms with Crippen LogP contribution in [0.1, 0.15) is 44.0 Å². The lowest BCUT2D eigenvalue weighted by Crippen LogP contribution is -2.45. The Morgan fingerprint density at radius 1 is 1.23 bits per heavy atom. The van der Waals surface area contributed by atoms with Gasteiger partial charge >= 0.3 is 0 Å². The van der Waals surface area contributed by atoms with Crippen molar-refractivity contribution in [3.8, 4) is 11.5 Å². The van der Waals surface area contributed by atoms with E-state index in [1.54, 1.807) is 25.1 Å². The normalized spacial score (nSPS) is 20.4. The highest BCUT2D eigenvalue weighted by molar-refractivity contribution is 6.53. The van der Waals surface area contributed by atoms with E-state index in [4.69, 9.17) is 32.7 Å². The first-order chi connectivity index (χ1) is 12.1. The first-order valence-corrected chi connectivity index (χ1v) is 9.16. The SMILES string of the molecule is COc1cc(C(=O)NNC(=O)C2(C)CC2(Cl)Cl)ccc1OCCC(C)C. The maximum atomic E-state index is 12.3. The average Bonchev–Trinajstić information content (AvgIpc) is 3.11. The zero-order valence-electron chi connectivity index (χ0n) is 15.3. The lowest BCUT2D eigenvalue weighted by Gasteiger charge is -2.15. The van der Waals surface area contributed by atoms with E-state index in [1.807, 2.05) is 0 Å². The van der Waals surface area contributed by atoms with Crippen molar-refractivity contribution < 1.29 is 19.1 Å². The van der Waals surface area contributed by atoms with Crippen molar-refractivity contribution in [3.05, 3.63) is 23.8 Å². The topological polar surface area (TPSA) is 76.7 Å². The number of carbonyl (C=O) groups is 2. The Morgan fingerprint density at radius 3 is 2.42 bits per heavy atom. The summed E-state index contributed by atoms with van der Waals surface area (Å²) >= 11 is 11.9. The van der Waals surface area contributed by atoms with Gasteiger partial charge in [0.05, 0.1) is 19.1 Å². The van der Waals surface area contributed by atoms with E-state index in [9.17, 15) is 9.59 Å². The fourth-order valence-corrected chi connectivity index (χ4v) is 3.01. The number of ether oxygens (including phenoxy) is 2. The van der Waals surface area contributed by atoms with Crippen molar-refractivity contribution in [2.45, 2.75) is 37.9 Å². The number of hydrogen-bond donors (Lipinski definition) is 2. The molecule has 1 aromatic rings. The number of nitrogens with one attached hydrogen (secondary N) is 2. The minimum atomic E-state index is -1.10. The predicted octanol–water partition coefficient (Wildman–Crippen LogP) is 3.47. The monoisotopic (exact) mass is 402 g/mol. The molecule has 0 aliphatic heterocycles. The zero-order chi connectivity index (χ0) is 19.5. The molecule has 1 saturated carbocycles. The second kappa shape index (κ2) is 7.92. The Labute approximate surface area is 163 Å². The summed E-state index contributed by atoms with van der Waals surface area (Å²) in [6, 6.07) is 4.82. The summed E-state index contributed by atoms with van der Waals surface area (Å²) in [4.78, 5) is 24.3. The predicted molar refractivity (Wildman–Crippen MR) is 101 cm³/mol. The lowest BCUT2D eigenvalue weighted by atomic mass is 10.1. The van der Waals surface area contributed by atoms with Crippen molar-refractivity contribution >= 4 is 35.0 Å². The fraction of sp³-hybridized carbons (Fsp3) is 0.556. The first kappa shape index (κ1) is 20.6. The molecule has 0 radical (unpaired) electrons. The van der Waals surface area contributed by atoms with Gasteiger partial charge < -0.3 is 9.47 Å². The minimum Gasteiger partial charge on any atom is -0.493 e. The molecule has 2 rings (SSSR count). The highest BCUT2D eigenvalue weighted by Gasteiger charge is 2.68. The molecule has 6 nitrogen and oxygen atoms in total. The number of carbonyl (C=O) groups excluding carboxylic acids is 2. The number of hydrogen-bond acceptors (Lipinski definition) is 4. The standard InChI is InChI=1S/C18H24Cl2N2O4/c1-11(2)7-8-26-13-6-5-12(9-14(13)25-4)15(23)21-22-16(24)17(3)10-18(17,19)20/h5-6,9,11H,7-8,10H2,1-4H3,(H,21,23)(H,22,24). The zero-order valence-corrected chi connectivity index (χ0v) is 16.8. The molecule has 1 aliphatic rings. The van der Waals surface area contributed by atoms with Crippen LogP contribution in [0, 0.1) is 11.3 Å². The summed E-state index contributed by atoms with van der Waals surface area (Å²) in [5.74, 6) is 0.624. The minimum absolute atomic E-state index is 0.322. The molecule has 26 heavy (non-hydrogen) atoms. The van der Waals surface area contributed by atoms with Crippen LogP contribution in [0.25, 0.3) is 0 Å². The Balaban J connectivity index is 1.95. The molecule has 0 aromatic heterocycles. The molecule has 1 aliphatic carbocycles. The number of methoxy groups -OCH3 is 1. The molecule has 1 unspecified atom stereocenters. The average molecular weight is 403 g/mol. The third kappa shape index (κ3) is 4.54. The summed E-state index contributed by atoms with van der Waals surface area (Å²) in [5.41, 5.74) is 4.13. The molecule has 0 saturated heterocycles. The molecule has 2 amide bonds. The Kier molecular flexibility index (Phi) is 6.29. The van der Waals surface area contributed by atoms with Gasteiger partial charge in [0, 0.05) is 5.56 Å². The van der Waals surface area contributed by atoms with Crippen LogP contribution in [-0.2, 0) is 4.79 Å². The molecule has 144 valence electrons. The number of benzene rings is 1. The van der Waals surface area contributed by atoms with E-state index in [0.717, 1.165) is 6.42 Å².